The van der Waals surface area contributed by atoms with Gasteiger partial charge in [0.2, 0.25) is 12.7 Å². The Bertz CT molecular complexity index is 876. The highest BCUT2D eigenvalue weighted by Gasteiger charge is 2.32. The fourth-order valence-electron chi connectivity index (χ4n) is 2.69. The second-order valence-corrected chi connectivity index (χ2v) is 6.32. The third-order valence-electron chi connectivity index (χ3n) is 4.10. The van der Waals surface area contributed by atoms with Gasteiger partial charge in [-0.15, -0.1) is 0 Å². The normalized spacial score (nSPS) is 13.3. The fourth-order valence-corrected chi connectivity index (χ4v) is 2.69. The number of fused-ring (bicyclic) bond motifs is 1. The number of halogens is 3. The van der Waals surface area contributed by atoms with E-state index in [-0.39, 0.29) is 12.7 Å². The molecule has 1 aliphatic rings. The second kappa shape index (κ2) is 9.99. The van der Waals surface area contributed by atoms with E-state index in [0.29, 0.717) is 32.1 Å². The molecule has 0 spiro atoms. The number of ether oxygens (including phenoxy) is 2. The highest BCUT2D eigenvalue weighted by atomic mass is 19.4. The summed E-state index contributed by atoms with van der Waals surface area (Å²) >= 11 is 0. The van der Waals surface area contributed by atoms with Gasteiger partial charge >= 0.3 is 6.18 Å². The van der Waals surface area contributed by atoms with Crippen LogP contribution in [0.25, 0.3) is 0 Å². The van der Waals surface area contributed by atoms with Crippen LogP contribution in [0.2, 0.25) is 0 Å². The molecule has 162 valence electrons. The number of aliphatic imine (C=N–C) groups is 1. The molecule has 0 saturated heterocycles. The number of nitrogens with zero attached hydrogens (tertiary/aromatic N) is 3. The second-order valence-electron chi connectivity index (χ2n) is 6.32. The lowest BCUT2D eigenvalue weighted by Gasteiger charge is -2.12. The molecule has 0 bridgehead atoms. The lowest BCUT2D eigenvalue weighted by atomic mass is 10.1. The van der Waals surface area contributed by atoms with Crippen molar-refractivity contribution in [2.45, 2.75) is 19.5 Å². The summed E-state index contributed by atoms with van der Waals surface area (Å²) in [7, 11) is 0. The predicted molar refractivity (Wildman–Crippen MR) is 106 cm³/mol. The Morgan fingerprint density at radius 2 is 1.97 bits per heavy atom. The zero-order valence-electron chi connectivity index (χ0n) is 16.4. The molecule has 0 aliphatic carbocycles. The smallest absolute Gasteiger partial charge is 0.433 e. The minimum Gasteiger partial charge on any atom is -0.454 e. The van der Waals surface area contributed by atoms with Gasteiger partial charge in [-0.2, -0.15) is 13.2 Å². The summed E-state index contributed by atoms with van der Waals surface area (Å²) < 4.78 is 48.7. The van der Waals surface area contributed by atoms with Crippen LogP contribution < -0.4 is 25.4 Å². The highest BCUT2D eigenvalue weighted by Crippen LogP contribution is 2.32. The largest absolute Gasteiger partial charge is 0.454 e. The summed E-state index contributed by atoms with van der Waals surface area (Å²) in [6.07, 6.45) is -2.70. The molecule has 8 nitrogen and oxygen atoms in total. The summed E-state index contributed by atoms with van der Waals surface area (Å²) in [5, 5.41) is 9.01. The number of aromatic nitrogens is 2. The van der Waals surface area contributed by atoms with Crippen LogP contribution in [0.5, 0.6) is 11.5 Å². The Balaban J connectivity index is 1.45. The lowest BCUT2D eigenvalue weighted by Crippen LogP contribution is -2.39. The van der Waals surface area contributed by atoms with E-state index in [4.69, 9.17) is 9.47 Å². The van der Waals surface area contributed by atoms with E-state index in [2.05, 4.69) is 30.9 Å². The molecule has 0 saturated carbocycles. The molecule has 0 amide bonds. The van der Waals surface area contributed by atoms with Crippen molar-refractivity contribution >= 4 is 11.9 Å². The number of guanidine groups is 1. The Labute approximate surface area is 171 Å². The zero-order valence-corrected chi connectivity index (χ0v) is 16.4. The topological polar surface area (TPSA) is 92.7 Å². The summed E-state index contributed by atoms with van der Waals surface area (Å²) in [5.74, 6) is 2.03. The Kier molecular flexibility index (Phi) is 7.15. The van der Waals surface area contributed by atoms with Crippen LogP contribution in [0.3, 0.4) is 0 Å². The zero-order chi connectivity index (χ0) is 21.4. The van der Waals surface area contributed by atoms with E-state index >= 15 is 0 Å². The van der Waals surface area contributed by atoms with Gasteiger partial charge in [0, 0.05) is 32.4 Å². The van der Waals surface area contributed by atoms with Crippen LogP contribution >= 0.6 is 0 Å². The first kappa shape index (κ1) is 21.5. The van der Waals surface area contributed by atoms with Crippen molar-refractivity contribution in [3.05, 3.63) is 41.7 Å². The van der Waals surface area contributed by atoms with Crippen molar-refractivity contribution in [1.29, 1.82) is 0 Å². The molecule has 3 rings (SSSR count). The Hall–Kier alpha value is -3.24. The number of hydrogen-bond acceptors (Lipinski definition) is 6. The quantitative estimate of drug-likeness (QED) is 0.341. The maximum Gasteiger partial charge on any atom is 0.433 e. The van der Waals surface area contributed by atoms with E-state index in [1.165, 1.54) is 0 Å². The van der Waals surface area contributed by atoms with Gasteiger partial charge in [0.15, 0.2) is 17.5 Å². The molecule has 2 heterocycles. The van der Waals surface area contributed by atoms with Gasteiger partial charge in [0.1, 0.15) is 5.69 Å². The van der Waals surface area contributed by atoms with E-state index in [0.717, 1.165) is 35.7 Å². The van der Waals surface area contributed by atoms with Gasteiger partial charge in [0.25, 0.3) is 0 Å². The predicted octanol–water partition coefficient (Wildman–Crippen LogP) is 2.43. The standard InChI is InChI=1S/C19H23F3N6O2/c1-2-23-17(24-7-5-13-3-4-14-15(11-13)30-12-29-14)26-9-10-27-18-25-8-6-16(28-18)19(20,21)22/h3-4,6,8,11H,2,5,7,9-10,12H2,1H3,(H2,23,24,26)(H,25,27,28). The van der Waals surface area contributed by atoms with Gasteiger partial charge in [-0.05, 0) is 37.1 Å². The molecule has 30 heavy (non-hydrogen) atoms. The molecule has 11 heteroatoms. The van der Waals surface area contributed by atoms with Gasteiger partial charge < -0.3 is 25.4 Å². The summed E-state index contributed by atoms with van der Waals surface area (Å²) in [5.41, 5.74) is 0.105. The maximum atomic E-state index is 12.7. The number of rotatable bonds is 8. The van der Waals surface area contributed by atoms with Gasteiger partial charge in [0.05, 0.1) is 0 Å². The van der Waals surface area contributed by atoms with Crippen LogP contribution in [0.15, 0.2) is 35.5 Å². The molecule has 2 aromatic rings. The molecule has 0 atom stereocenters. The van der Waals surface area contributed by atoms with Crippen molar-refractivity contribution in [3.8, 4) is 11.5 Å². The van der Waals surface area contributed by atoms with E-state index in [1.807, 2.05) is 25.1 Å². The summed E-state index contributed by atoms with van der Waals surface area (Å²) in [6, 6.07) is 6.63. The van der Waals surface area contributed by atoms with E-state index in [9.17, 15) is 13.2 Å². The van der Waals surface area contributed by atoms with Crippen LogP contribution in [-0.2, 0) is 12.6 Å². The molecule has 1 aliphatic heterocycles. The lowest BCUT2D eigenvalue weighted by molar-refractivity contribution is -0.141. The van der Waals surface area contributed by atoms with Crippen molar-refractivity contribution in [2.24, 2.45) is 4.99 Å². The first-order chi connectivity index (χ1) is 14.5. The highest BCUT2D eigenvalue weighted by molar-refractivity contribution is 5.79. The van der Waals surface area contributed by atoms with Crippen LogP contribution in [0, 0.1) is 0 Å². The minimum atomic E-state index is -4.50. The van der Waals surface area contributed by atoms with Crippen molar-refractivity contribution in [2.75, 3.05) is 38.3 Å². The monoisotopic (exact) mass is 424 g/mol. The third kappa shape index (κ3) is 6.13. The fraction of sp³-hybridized carbons (Fsp3) is 0.421. The molecule has 1 aromatic heterocycles. The van der Waals surface area contributed by atoms with Crippen molar-refractivity contribution < 1.29 is 22.6 Å². The van der Waals surface area contributed by atoms with Gasteiger partial charge in [-0.1, -0.05) is 6.07 Å². The molecule has 1 aromatic carbocycles. The Morgan fingerprint density at radius 3 is 2.77 bits per heavy atom. The van der Waals surface area contributed by atoms with Gasteiger partial charge in [-0.25, -0.2) is 9.97 Å². The molecule has 0 unspecified atom stereocenters. The first-order valence-electron chi connectivity index (χ1n) is 9.50. The molecular weight excluding hydrogens is 401 g/mol. The van der Waals surface area contributed by atoms with Crippen molar-refractivity contribution in [3.63, 3.8) is 0 Å². The van der Waals surface area contributed by atoms with Crippen molar-refractivity contribution in [1.82, 2.24) is 20.6 Å². The Morgan fingerprint density at radius 1 is 1.13 bits per heavy atom. The molecule has 3 N–H and O–H groups in total. The first-order valence-corrected chi connectivity index (χ1v) is 9.50. The van der Waals surface area contributed by atoms with Crippen LogP contribution in [0.1, 0.15) is 18.2 Å². The average Bonchev–Trinajstić information content (AvgIpc) is 3.18. The summed E-state index contributed by atoms with van der Waals surface area (Å²) in [4.78, 5) is 11.8. The third-order valence-corrected chi connectivity index (χ3v) is 4.10. The number of hydrogen-bond donors (Lipinski definition) is 3. The van der Waals surface area contributed by atoms with Gasteiger partial charge in [-0.3, -0.25) is 4.99 Å². The average molecular weight is 424 g/mol. The molecule has 0 radical (unpaired) electrons. The SMILES string of the molecule is CCNC(=NCCc1ccc2c(c1)OCO2)NCCNc1nccc(C(F)(F)F)n1. The number of anilines is 1. The minimum absolute atomic E-state index is 0.0728. The van der Waals surface area contributed by atoms with Crippen LogP contribution in [0.4, 0.5) is 19.1 Å². The van der Waals surface area contributed by atoms with E-state index in [1.54, 1.807) is 0 Å². The van der Waals surface area contributed by atoms with E-state index < -0.39 is 11.9 Å². The van der Waals surface area contributed by atoms with Crippen LogP contribution in [-0.4, -0.2) is 48.9 Å². The molecule has 0 fully saturated rings. The number of nitrogens with one attached hydrogen (secondary N) is 3. The number of alkyl halides is 3. The number of benzene rings is 1. The molecular formula is C19H23F3N6O2. The maximum absolute atomic E-state index is 12.7. The summed E-state index contributed by atoms with van der Waals surface area (Å²) in [6.45, 7) is 4.18.